The first-order chi connectivity index (χ1) is 15.7. The largest absolute Gasteiger partial charge is 0.496 e. The van der Waals surface area contributed by atoms with Crippen LogP contribution in [0.4, 0.5) is 11.4 Å². The van der Waals surface area contributed by atoms with Crippen LogP contribution in [0.2, 0.25) is 0 Å². The molecule has 0 spiro atoms. The van der Waals surface area contributed by atoms with Gasteiger partial charge in [0.05, 0.1) is 18.5 Å². The summed E-state index contributed by atoms with van der Waals surface area (Å²) >= 11 is 0. The molecule has 32 heavy (non-hydrogen) atoms. The lowest BCUT2D eigenvalue weighted by atomic mass is 10.0. The molecule has 1 aliphatic rings. The van der Waals surface area contributed by atoms with Gasteiger partial charge in [0.1, 0.15) is 12.0 Å². The fraction of sp³-hybridized carbons (Fsp3) is 0.192. The summed E-state index contributed by atoms with van der Waals surface area (Å²) in [6, 6.07) is 21.7. The number of rotatable bonds is 4. The lowest BCUT2D eigenvalue weighted by Gasteiger charge is -2.23. The fourth-order valence-electron chi connectivity index (χ4n) is 4.27. The van der Waals surface area contributed by atoms with Crippen molar-refractivity contribution in [3.8, 4) is 16.9 Å². The van der Waals surface area contributed by atoms with Crippen LogP contribution in [0.15, 0.2) is 72.9 Å². The Labute approximate surface area is 186 Å². The molecule has 1 amide bonds. The van der Waals surface area contributed by atoms with E-state index in [0.29, 0.717) is 24.3 Å². The summed E-state index contributed by atoms with van der Waals surface area (Å²) in [6.45, 7) is 0.551. The minimum absolute atomic E-state index is 0.0676. The molecule has 2 N–H and O–H groups in total. The van der Waals surface area contributed by atoms with E-state index in [0.717, 1.165) is 33.4 Å². The molecular weight excluding hydrogens is 402 g/mol. The van der Waals surface area contributed by atoms with E-state index >= 15 is 0 Å². The van der Waals surface area contributed by atoms with Gasteiger partial charge in [-0.15, -0.1) is 0 Å². The molecule has 0 saturated carbocycles. The Bertz CT molecular complexity index is 1280. The topological polar surface area (TPSA) is 66.6 Å². The summed E-state index contributed by atoms with van der Waals surface area (Å²) < 4.78 is 11.2. The predicted molar refractivity (Wildman–Crippen MR) is 127 cm³/mol. The van der Waals surface area contributed by atoms with E-state index in [1.807, 2.05) is 59.6 Å². The van der Waals surface area contributed by atoms with Crippen LogP contribution < -0.4 is 15.0 Å². The van der Waals surface area contributed by atoms with Crippen molar-refractivity contribution in [3.05, 3.63) is 78.5 Å². The molecule has 0 fully saturated rings. The number of nitrogens with zero attached hydrogens (tertiary/aromatic N) is 1. The highest BCUT2D eigenvalue weighted by Gasteiger charge is 2.26. The van der Waals surface area contributed by atoms with Gasteiger partial charge in [0.2, 0.25) is 0 Å². The summed E-state index contributed by atoms with van der Waals surface area (Å²) in [6.07, 6.45) is 2.47. The Morgan fingerprint density at radius 2 is 1.91 bits per heavy atom. The smallest absolute Gasteiger partial charge is 0.258 e. The van der Waals surface area contributed by atoms with Crippen LogP contribution in [-0.2, 0) is 4.74 Å². The number of amides is 1. The van der Waals surface area contributed by atoms with Gasteiger partial charge in [-0.2, -0.15) is 0 Å². The fourth-order valence-corrected chi connectivity index (χ4v) is 4.27. The van der Waals surface area contributed by atoms with Crippen molar-refractivity contribution in [1.29, 1.82) is 0 Å². The molecule has 0 unspecified atom stereocenters. The number of anilines is 2. The number of aromatic nitrogens is 1. The Hall–Kier alpha value is -3.77. The van der Waals surface area contributed by atoms with Gasteiger partial charge < -0.3 is 24.7 Å². The lowest BCUT2D eigenvalue weighted by Crippen LogP contribution is -2.32. The maximum Gasteiger partial charge on any atom is 0.258 e. The van der Waals surface area contributed by atoms with Crippen molar-refractivity contribution < 1.29 is 14.3 Å². The molecule has 0 bridgehead atoms. The summed E-state index contributed by atoms with van der Waals surface area (Å²) in [5, 5.41) is 4.50. The Kier molecular flexibility index (Phi) is 5.29. The van der Waals surface area contributed by atoms with Crippen LogP contribution in [0.1, 0.15) is 16.8 Å². The molecule has 3 aromatic carbocycles. The third-order valence-corrected chi connectivity index (χ3v) is 5.97. The standard InChI is InChI=1S/C26H25N3O3/c1-31-24-16-19(7-9-20(24)17-8-10-21-18(15-17)11-13-27-21)26(30)29-14-12-25(32-2)28-22-5-3-4-6-23(22)29/h3-11,13,15-16,25,27-28H,12,14H2,1-2H3/t25-/m0/s1. The second-order valence-corrected chi connectivity index (χ2v) is 7.83. The van der Waals surface area contributed by atoms with Gasteiger partial charge in [0.15, 0.2) is 0 Å². The summed E-state index contributed by atoms with van der Waals surface area (Å²) in [4.78, 5) is 18.6. The third-order valence-electron chi connectivity index (χ3n) is 5.97. The molecular formula is C26H25N3O3. The van der Waals surface area contributed by atoms with Crippen LogP contribution in [0, 0.1) is 0 Å². The van der Waals surface area contributed by atoms with E-state index in [9.17, 15) is 4.79 Å². The van der Waals surface area contributed by atoms with Crippen LogP contribution in [0.25, 0.3) is 22.0 Å². The third kappa shape index (κ3) is 3.59. The number of nitrogens with one attached hydrogen (secondary N) is 2. The van der Waals surface area contributed by atoms with E-state index in [2.05, 4.69) is 28.5 Å². The van der Waals surface area contributed by atoms with Gasteiger partial charge in [0, 0.05) is 42.9 Å². The number of para-hydroxylation sites is 2. The Morgan fingerprint density at radius 3 is 2.75 bits per heavy atom. The molecule has 0 radical (unpaired) electrons. The van der Waals surface area contributed by atoms with E-state index in [1.165, 1.54) is 0 Å². The van der Waals surface area contributed by atoms with E-state index < -0.39 is 0 Å². The average molecular weight is 428 g/mol. The minimum Gasteiger partial charge on any atom is -0.496 e. The highest BCUT2D eigenvalue weighted by molar-refractivity contribution is 6.08. The normalized spacial score (nSPS) is 15.7. The van der Waals surface area contributed by atoms with Gasteiger partial charge in [-0.05, 0) is 59.5 Å². The average Bonchev–Trinajstić information content (AvgIpc) is 3.23. The predicted octanol–water partition coefficient (Wildman–Crippen LogP) is 5.28. The molecule has 1 aliphatic heterocycles. The van der Waals surface area contributed by atoms with Crippen molar-refractivity contribution in [2.45, 2.75) is 12.6 Å². The SMILES string of the molecule is COc1cc(C(=O)N2CC[C@H](OC)Nc3ccccc32)ccc1-c1ccc2[nH]ccc2c1. The molecule has 0 aliphatic carbocycles. The molecule has 1 atom stereocenters. The highest BCUT2D eigenvalue weighted by Crippen LogP contribution is 2.35. The first-order valence-electron chi connectivity index (χ1n) is 10.6. The first-order valence-corrected chi connectivity index (χ1v) is 10.6. The zero-order valence-corrected chi connectivity index (χ0v) is 18.1. The van der Waals surface area contributed by atoms with Crippen LogP contribution >= 0.6 is 0 Å². The van der Waals surface area contributed by atoms with Gasteiger partial charge in [0.25, 0.3) is 5.91 Å². The number of ether oxygens (including phenoxy) is 2. The summed E-state index contributed by atoms with van der Waals surface area (Å²) in [5.41, 5.74) is 5.39. The molecule has 6 heteroatoms. The minimum atomic E-state index is -0.144. The molecule has 0 saturated heterocycles. The number of hydrogen-bond donors (Lipinski definition) is 2. The molecule has 4 aromatic rings. The second kappa shape index (κ2) is 8.40. The van der Waals surface area contributed by atoms with E-state index in [4.69, 9.17) is 9.47 Å². The molecule has 5 rings (SSSR count). The van der Waals surface area contributed by atoms with E-state index in [-0.39, 0.29) is 12.1 Å². The van der Waals surface area contributed by atoms with Crippen molar-refractivity contribution >= 4 is 28.2 Å². The van der Waals surface area contributed by atoms with Crippen molar-refractivity contribution in [1.82, 2.24) is 4.98 Å². The zero-order valence-electron chi connectivity index (χ0n) is 18.1. The lowest BCUT2D eigenvalue weighted by molar-refractivity contribution is 0.0972. The number of methoxy groups -OCH3 is 2. The molecule has 6 nitrogen and oxygen atoms in total. The molecule has 1 aromatic heterocycles. The monoisotopic (exact) mass is 427 g/mol. The zero-order chi connectivity index (χ0) is 22.1. The number of aromatic amines is 1. The van der Waals surface area contributed by atoms with Gasteiger partial charge in [-0.1, -0.05) is 18.2 Å². The van der Waals surface area contributed by atoms with Crippen LogP contribution in [-0.4, -0.2) is 37.9 Å². The Morgan fingerprint density at radius 1 is 1.03 bits per heavy atom. The van der Waals surface area contributed by atoms with Crippen molar-refractivity contribution in [2.75, 3.05) is 31.0 Å². The van der Waals surface area contributed by atoms with Crippen molar-refractivity contribution in [2.24, 2.45) is 0 Å². The maximum atomic E-state index is 13.6. The first kappa shape index (κ1) is 20.2. The quantitative estimate of drug-likeness (QED) is 0.465. The molecule has 2 heterocycles. The highest BCUT2D eigenvalue weighted by atomic mass is 16.5. The number of H-pyrrole nitrogens is 1. The number of carbonyl (C=O) groups is 1. The van der Waals surface area contributed by atoms with Crippen LogP contribution in [0.5, 0.6) is 5.75 Å². The van der Waals surface area contributed by atoms with Crippen molar-refractivity contribution in [3.63, 3.8) is 0 Å². The van der Waals surface area contributed by atoms with E-state index in [1.54, 1.807) is 14.2 Å². The number of hydrogen-bond acceptors (Lipinski definition) is 4. The van der Waals surface area contributed by atoms with Gasteiger partial charge >= 0.3 is 0 Å². The number of carbonyl (C=O) groups excluding carboxylic acids is 1. The summed E-state index contributed by atoms with van der Waals surface area (Å²) in [7, 11) is 3.31. The number of benzene rings is 3. The van der Waals surface area contributed by atoms with Gasteiger partial charge in [-0.3, -0.25) is 4.79 Å². The Balaban J connectivity index is 1.50. The second-order valence-electron chi connectivity index (χ2n) is 7.83. The number of fused-ring (bicyclic) bond motifs is 2. The maximum absolute atomic E-state index is 13.6. The van der Waals surface area contributed by atoms with Gasteiger partial charge in [-0.25, -0.2) is 0 Å². The van der Waals surface area contributed by atoms with Crippen LogP contribution in [0.3, 0.4) is 0 Å². The molecule has 162 valence electrons. The summed E-state index contributed by atoms with van der Waals surface area (Å²) in [5.74, 6) is 0.601.